The molecule has 1 aromatic carbocycles. The summed E-state index contributed by atoms with van der Waals surface area (Å²) in [6, 6.07) is 8.22. The molecule has 1 heterocycles. The zero-order chi connectivity index (χ0) is 23.3. The highest BCUT2D eigenvalue weighted by molar-refractivity contribution is 5.86. The first-order chi connectivity index (χ1) is 15.4. The summed E-state index contributed by atoms with van der Waals surface area (Å²) in [5.41, 5.74) is 0.752. The number of esters is 1. The summed E-state index contributed by atoms with van der Waals surface area (Å²) in [4.78, 5) is 38.0. The second kappa shape index (κ2) is 13.6. The van der Waals surface area contributed by atoms with Crippen LogP contribution >= 0.6 is 0 Å². The molecule has 1 aliphatic heterocycles. The fourth-order valence-corrected chi connectivity index (χ4v) is 3.54. The number of cyclic esters (lactones) is 1. The van der Waals surface area contributed by atoms with E-state index in [1.807, 2.05) is 42.5 Å². The van der Waals surface area contributed by atoms with Crippen LogP contribution in [0.5, 0.6) is 0 Å². The molecule has 1 aromatic rings. The van der Waals surface area contributed by atoms with Gasteiger partial charge in [-0.15, -0.1) is 0 Å². The van der Waals surface area contributed by atoms with Gasteiger partial charge in [0.2, 0.25) is 11.8 Å². The molecule has 0 fully saturated rings. The Bertz CT molecular complexity index is 767. The number of ether oxygens (including phenoxy) is 2. The predicted molar refractivity (Wildman–Crippen MR) is 119 cm³/mol. The molecule has 0 saturated heterocycles. The fourth-order valence-electron chi connectivity index (χ4n) is 3.54. The second-order valence-electron chi connectivity index (χ2n) is 8.04. The van der Waals surface area contributed by atoms with Crippen LogP contribution in [0.25, 0.3) is 0 Å². The molecule has 3 N–H and O–H groups in total. The third-order valence-electron chi connectivity index (χ3n) is 5.25. The number of rotatable bonds is 7. The van der Waals surface area contributed by atoms with Crippen molar-refractivity contribution in [3.8, 4) is 0 Å². The number of allylic oxidation sites excluding steroid dienone is 2. The zero-order valence-corrected chi connectivity index (χ0v) is 18.8. The van der Waals surface area contributed by atoms with E-state index in [1.165, 1.54) is 7.11 Å². The minimum absolute atomic E-state index is 0.0179. The van der Waals surface area contributed by atoms with Crippen molar-refractivity contribution < 1.29 is 29.0 Å². The van der Waals surface area contributed by atoms with Crippen LogP contribution in [0.15, 0.2) is 42.5 Å². The lowest BCUT2D eigenvalue weighted by molar-refractivity contribution is -0.153. The van der Waals surface area contributed by atoms with Gasteiger partial charge in [0.15, 0.2) is 0 Å². The number of carbonyl (C=O) groups is 3. The molecule has 0 saturated carbocycles. The van der Waals surface area contributed by atoms with Crippen molar-refractivity contribution >= 4 is 17.8 Å². The van der Waals surface area contributed by atoms with Gasteiger partial charge in [0, 0.05) is 26.0 Å². The molecular formula is C24H34N2O6. The van der Waals surface area contributed by atoms with Crippen molar-refractivity contribution in [2.45, 2.75) is 57.2 Å². The van der Waals surface area contributed by atoms with E-state index in [1.54, 1.807) is 6.92 Å². The van der Waals surface area contributed by atoms with Crippen LogP contribution in [0.2, 0.25) is 0 Å². The van der Waals surface area contributed by atoms with E-state index in [0.717, 1.165) is 5.56 Å². The Labute approximate surface area is 189 Å². The van der Waals surface area contributed by atoms with Crippen LogP contribution in [0.1, 0.15) is 50.7 Å². The number of benzene rings is 1. The molecular weight excluding hydrogens is 412 g/mol. The van der Waals surface area contributed by atoms with Crippen LogP contribution in [0, 0.1) is 5.92 Å². The highest BCUT2D eigenvalue weighted by Gasteiger charge is 2.31. The van der Waals surface area contributed by atoms with Crippen molar-refractivity contribution in [3.05, 3.63) is 48.0 Å². The molecule has 0 aliphatic carbocycles. The van der Waals surface area contributed by atoms with Gasteiger partial charge in [0.05, 0.1) is 25.2 Å². The lowest BCUT2D eigenvalue weighted by Crippen LogP contribution is -2.47. The number of aliphatic hydroxyl groups excluding tert-OH is 1. The van der Waals surface area contributed by atoms with Crippen LogP contribution in [0.3, 0.4) is 0 Å². The standard InChI is InChI=1S/C24H34N2O6/c1-17(15-27)25-21(28)14-19-12-6-3-4-9-13-22(29)32-23(18-10-7-5-8-11-18)20(16-31-2)26-24(19)30/h3,5-8,10-11,17,19-20,23,27H,4,9,12-16H2,1-2H3,(H,25,28)(H,26,30)/t17-,19+,20-,23-/m0/s1. The van der Waals surface area contributed by atoms with Gasteiger partial charge in [-0.1, -0.05) is 42.5 Å². The molecule has 2 rings (SSSR count). The molecule has 0 spiro atoms. The number of aliphatic hydroxyl groups is 1. The van der Waals surface area contributed by atoms with Gasteiger partial charge in [-0.25, -0.2) is 0 Å². The van der Waals surface area contributed by atoms with E-state index in [0.29, 0.717) is 19.3 Å². The zero-order valence-electron chi connectivity index (χ0n) is 18.8. The number of hydrogen-bond acceptors (Lipinski definition) is 6. The molecule has 8 nitrogen and oxygen atoms in total. The van der Waals surface area contributed by atoms with Crippen molar-refractivity contribution in [1.82, 2.24) is 10.6 Å². The normalized spacial score (nSPS) is 23.7. The lowest BCUT2D eigenvalue weighted by Gasteiger charge is -2.29. The SMILES string of the molecule is COC[C@@H]1NC(=O)[C@@H](CC(=O)N[C@@H](C)CO)CC=CCCCC(=O)O[C@H]1c1ccccc1. The maximum absolute atomic E-state index is 13.2. The number of nitrogens with one attached hydrogen (secondary N) is 2. The van der Waals surface area contributed by atoms with Crippen LogP contribution in [-0.4, -0.2) is 55.3 Å². The summed E-state index contributed by atoms with van der Waals surface area (Å²) in [6.45, 7) is 1.65. The molecule has 8 heteroatoms. The molecule has 2 amide bonds. The molecule has 0 unspecified atom stereocenters. The van der Waals surface area contributed by atoms with Gasteiger partial charge in [-0.2, -0.15) is 0 Å². The Balaban J connectivity index is 2.28. The molecule has 0 radical (unpaired) electrons. The predicted octanol–water partition coefficient (Wildman–Crippen LogP) is 2.04. The van der Waals surface area contributed by atoms with E-state index in [2.05, 4.69) is 10.6 Å². The second-order valence-corrected chi connectivity index (χ2v) is 8.04. The van der Waals surface area contributed by atoms with Crippen molar-refractivity contribution in [2.24, 2.45) is 5.92 Å². The third-order valence-corrected chi connectivity index (χ3v) is 5.25. The van der Waals surface area contributed by atoms with Crippen LogP contribution < -0.4 is 10.6 Å². The molecule has 1 aliphatic rings. The third kappa shape index (κ3) is 8.43. The van der Waals surface area contributed by atoms with Gasteiger partial charge in [0.1, 0.15) is 6.10 Å². The number of methoxy groups -OCH3 is 1. The summed E-state index contributed by atoms with van der Waals surface area (Å²) < 4.78 is 11.1. The van der Waals surface area contributed by atoms with Crippen molar-refractivity contribution in [2.75, 3.05) is 20.3 Å². The fraction of sp³-hybridized carbons (Fsp3) is 0.542. The molecule has 176 valence electrons. The Morgan fingerprint density at radius 1 is 1.28 bits per heavy atom. The number of hydrogen-bond donors (Lipinski definition) is 3. The largest absolute Gasteiger partial charge is 0.455 e. The van der Waals surface area contributed by atoms with Crippen LogP contribution in [0.4, 0.5) is 0 Å². The average molecular weight is 447 g/mol. The Morgan fingerprint density at radius 2 is 2.03 bits per heavy atom. The topological polar surface area (TPSA) is 114 Å². The minimum Gasteiger partial charge on any atom is -0.455 e. The van der Waals surface area contributed by atoms with Gasteiger partial charge in [-0.3, -0.25) is 14.4 Å². The molecule has 0 bridgehead atoms. The summed E-state index contributed by atoms with van der Waals surface area (Å²) in [6.07, 6.45) is 5.02. The van der Waals surface area contributed by atoms with E-state index < -0.39 is 18.1 Å². The monoisotopic (exact) mass is 446 g/mol. The summed E-state index contributed by atoms with van der Waals surface area (Å²) in [5, 5.41) is 14.8. The number of carbonyl (C=O) groups excluding carboxylic acids is 3. The molecule has 4 atom stereocenters. The Kier molecular flexibility index (Phi) is 10.9. The quantitative estimate of drug-likeness (QED) is 0.436. The van der Waals surface area contributed by atoms with E-state index >= 15 is 0 Å². The first-order valence-corrected chi connectivity index (χ1v) is 11.0. The average Bonchev–Trinajstić information content (AvgIpc) is 2.79. The maximum Gasteiger partial charge on any atom is 0.306 e. The highest BCUT2D eigenvalue weighted by Crippen LogP contribution is 2.24. The van der Waals surface area contributed by atoms with E-state index in [-0.39, 0.29) is 49.9 Å². The van der Waals surface area contributed by atoms with Gasteiger partial charge >= 0.3 is 5.97 Å². The molecule has 0 aromatic heterocycles. The van der Waals surface area contributed by atoms with Crippen LogP contribution in [-0.2, 0) is 23.9 Å². The van der Waals surface area contributed by atoms with E-state index in [4.69, 9.17) is 14.6 Å². The first kappa shape index (κ1) is 25.5. The lowest BCUT2D eigenvalue weighted by atomic mass is 9.97. The highest BCUT2D eigenvalue weighted by atomic mass is 16.5. The Morgan fingerprint density at radius 3 is 2.72 bits per heavy atom. The summed E-state index contributed by atoms with van der Waals surface area (Å²) in [5.74, 6) is -1.57. The van der Waals surface area contributed by atoms with Crippen molar-refractivity contribution in [3.63, 3.8) is 0 Å². The van der Waals surface area contributed by atoms with Gasteiger partial charge in [0.25, 0.3) is 0 Å². The molecule has 32 heavy (non-hydrogen) atoms. The van der Waals surface area contributed by atoms with Gasteiger partial charge < -0.3 is 25.2 Å². The first-order valence-electron chi connectivity index (χ1n) is 11.0. The summed E-state index contributed by atoms with van der Waals surface area (Å²) in [7, 11) is 1.52. The van der Waals surface area contributed by atoms with Crippen molar-refractivity contribution in [1.29, 1.82) is 0 Å². The smallest absolute Gasteiger partial charge is 0.306 e. The maximum atomic E-state index is 13.2. The summed E-state index contributed by atoms with van der Waals surface area (Å²) >= 11 is 0. The Hall–Kier alpha value is -2.71. The van der Waals surface area contributed by atoms with E-state index in [9.17, 15) is 14.4 Å². The minimum atomic E-state index is -0.717. The van der Waals surface area contributed by atoms with Gasteiger partial charge in [-0.05, 0) is 31.7 Å². The number of amides is 2.